The Labute approximate surface area is 182 Å². The van der Waals surface area contributed by atoms with Crippen LogP contribution < -0.4 is 20.7 Å². The Balaban J connectivity index is 1.82. The van der Waals surface area contributed by atoms with Crippen LogP contribution in [0.25, 0.3) is 0 Å². The maximum Gasteiger partial charge on any atom is 0.258 e. The molecule has 0 saturated heterocycles. The van der Waals surface area contributed by atoms with E-state index in [1.165, 1.54) is 16.2 Å². The van der Waals surface area contributed by atoms with Crippen molar-refractivity contribution in [2.45, 2.75) is 53.0 Å². The van der Waals surface area contributed by atoms with Crippen LogP contribution in [0.15, 0.2) is 24.3 Å². The molecule has 0 bridgehead atoms. The normalized spacial score (nSPS) is 15.6. The molecule has 162 valence electrons. The second-order valence-electron chi connectivity index (χ2n) is 8.05. The van der Waals surface area contributed by atoms with E-state index in [2.05, 4.69) is 22.9 Å². The van der Waals surface area contributed by atoms with Crippen LogP contribution in [0, 0.1) is 5.92 Å². The summed E-state index contributed by atoms with van der Waals surface area (Å²) in [6.07, 6.45) is 2.86. The first kappa shape index (κ1) is 22.3. The van der Waals surface area contributed by atoms with E-state index in [9.17, 15) is 9.59 Å². The van der Waals surface area contributed by atoms with Gasteiger partial charge in [-0.15, -0.1) is 11.3 Å². The predicted molar refractivity (Wildman–Crippen MR) is 123 cm³/mol. The van der Waals surface area contributed by atoms with Crippen LogP contribution in [-0.4, -0.2) is 31.0 Å². The maximum atomic E-state index is 13.2. The van der Waals surface area contributed by atoms with Crippen molar-refractivity contribution in [1.82, 2.24) is 5.32 Å². The van der Waals surface area contributed by atoms with Crippen LogP contribution in [-0.2, 0) is 17.6 Å². The average Bonchev–Trinajstić information content (AvgIpc) is 3.04. The van der Waals surface area contributed by atoms with E-state index in [4.69, 9.17) is 4.74 Å². The van der Waals surface area contributed by atoms with Gasteiger partial charge in [0, 0.05) is 16.6 Å². The van der Waals surface area contributed by atoms with Gasteiger partial charge in [0.25, 0.3) is 5.91 Å². The third kappa shape index (κ3) is 5.61. The van der Waals surface area contributed by atoms with Crippen LogP contribution in [0.3, 0.4) is 0 Å². The van der Waals surface area contributed by atoms with Gasteiger partial charge in [-0.2, -0.15) is 0 Å². The van der Waals surface area contributed by atoms with Gasteiger partial charge in [0.1, 0.15) is 10.8 Å². The van der Waals surface area contributed by atoms with Crippen molar-refractivity contribution in [3.05, 3.63) is 40.3 Å². The van der Waals surface area contributed by atoms with Gasteiger partial charge in [0.05, 0.1) is 18.7 Å². The molecule has 1 atom stereocenters. The number of carbonyl (C=O) groups excluding carboxylic acids is 2. The van der Waals surface area contributed by atoms with Crippen molar-refractivity contribution < 1.29 is 14.3 Å². The molecule has 1 aromatic heterocycles. The molecule has 3 N–H and O–H groups in total. The summed E-state index contributed by atoms with van der Waals surface area (Å²) in [5.74, 6) is 1.04. The van der Waals surface area contributed by atoms with Crippen LogP contribution >= 0.6 is 11.3 Å². The Morgan fingerprint density at radius 1 is 1.20 bits per heavy atom. The number of fused-ring (bicyclic) bond motifs is 1. The van der Waals surface area contributed by atoms with E-state index in [1.807, 2.05) is 45.0 Å². The molecule has 0 aliphatic heterocycles. The molecule has 2 amide bonds. The highest BCUT2D eigenvalue weighted by molar-refractivity contribution is 7.17. The van der Waals surface area contributed by atoms with Crippen LogP contribution in [0.5, 0.6) is 5.75 Å². The zero-order valence-electron chi connectivity index (χ0n) is 18.1. The number of hydrogen-bond acceptors (Lipinski definition) is 5. The molecule has 0 spiro atoms. The Hall–Kier alpha value is -2.38. The van der Waals surface area contributed by atoms with Crippen molar-refractivity contribution in [3.63, 3.8) is 0 Å². The van der Waals surface area contributed by atoms with Crippen LogP contribution in [0.2, 0.25) is 0 Å². The van der Waals surface area contributed by atoms with Crippen molar-refractivity contribution in [2.75, 3.05) is 23.8 Å². The lowest BCUT2D eigenvalue weighted by atomic mass is 9.88. The number of amides is 2. The fourth-order valence-corrected chi connectivity index (χ4v) is 4.97. The summed E-state index contributed by atoms with van der Waals surface area (Å²) in [4.78, 5) is 26.8. The third-order valence-corrected chi connectivity index (χ3v) is 6.26. The topological polar surface area (TPSA) is 79.5 Å². The molecule has 0 unspecified atom stereocenters. The lowest BCUT2D eigenvalue weighted by molar-refractivity contribution is -0.115. The first-order valence-corrected chi connectivity index (χ1v) is 11.4. The lowest BCUT2D eigenvalue weighted by Crippen LogP contribution is -2.32. The van der Waals surface area contributed by atoms with Crippen LogP contribution in [0.4, 0.5) is 10.7 Å². The molecule has 6 nitrogen and oxygen atoms in total. The van der Waals surface area contributed by atoms with Gasteiger partial charge < -0.3 is 20.7 Å². The fourth-order valence-electron chi connectivity index (χ4n) is 3.54. The van der Waals surface area contributed by atoms with Crippen molar-refractivity contribution >= 4 is 33.8 Å². The molecule has 0 fully saturated rings. The summed E-state index contributed by atoms with van der Waals surface area (Å²) in [5.41, 5.74) is 2.38. The SMILES string of the molecule is CCOc1ccc(NC(=O)c2c(NC(=O)CNC(C)C)sc3c2CC[C@H](C)C3)cc1. The first-order chi connectivity index (χ1) is 14.4. The minimum Gasteiger partial charge on any atom is -0.494 e. The molecule has 7 heteroatoms. The van der Waals surface area contributed by atoms with E-state index in [0.29, 0.717) is 28.8 Å². The average molecular weight is 430 g/mol. The number of hydrogen-bond donors (Lipinski definition) is 3. The van der Waals surface area contributed by atoms with Gasteiger partial charge in [0.2, 0.25) is 5.91 Å². The largest absolute Gasteiger partial charge is 0.494 e. The Morgan fingerprint density at radius 2 is 1.93 bits per heavy atom. The second kappa shape index (κ2) is 10.1. The van der Waals surface area contributed by atoms with Gasteiger partial charge >= 0.3 is 0 Å². The minimum atomic E-state index is -0.182. The molecule has 1 aromatic carbocycles. The van der Waals surface area contributed by atoms with E-state index in [-0.39, 0.29) is 24.4 Å². The van der Waals surface area contributed by atoms with Gasteiger partial charge in [0.15, 0.2) is 0 Å². The molecular formula is C23H31N3O3S. The highest BCUT2D eigenvalue weighted by atomic mass is 32.1. The standard InChI is InChI=1S/C23H31N3O3S/c1-5-29-17-9-7-16(8-10-17)25-22(28)21-18-11-6-15(4)12-19(18)30-23(21)26-20(27)13-24-14(2)3/h7-10,14-15,24H,5-6,11-13H2,1-4H3,(H,25,28)(H,26,27)/t15-/m0/s1. The van der Waals surface area contributed by atoms with Crippen LogP contribution in [0.1, 0.15) is 54.9 Å². The number of carbonyl (C=O) groups is 2. The van der Waals surface area contributed by atoms with Crippen molar-refractivity contribution in [2.24, 2.45) is 5.92 Å². The predicted octanol–water partition coefficient (Wildman–Crippen LogP) is 4.46. The van der Waals surface area contributed by atoms with Gasteiger partial charge in [-0.1, -0.05) is 20.8 Å². The molecule has 2 aromatic rings. The fraction of sp³-hybridized carbons (Fsp3) is 0.478. The third-order valence-electron chi connectivity index (χ3n) is 5.09. The summed E-state index contributed by atoms with van der Waals surface area (Å²) in [5, 5.41) is 9.72. The number of rotatable bonds is 8. The molecule has 30 heavy (non-hydrogen) atoms. The monoisotopic (exact) mass is 429 g/mol. The number of anilines is 2. The molecule has 3 rings (SSSR count). The van der Waals surface area contributed by atoms with E-state index < -0.39 is 0 Å². The summed E-state index contributed by atoms with van der Waals surface area (Å²) in [6, 6.07) is 7.55. The second-order valence-corrected chi connectivity index (χ2v) is 9.16. The zero-order chi connectivity index (χ0) is 21.7. The molecular weight excluding hydrogens is 398 g/mol. The van der Waals surface area contributed by atoms with E-state index >= 15 is 0 Å². The molecule has 1 aliphatic rings. The maximum absolute atomic E-state index is 13.2. The lowest BCUT2D eigenvalue weighted by Gasteiger charge is -2.18. The molecule has 1 heterocycles. The number of ether oxygens (including phenoxy) is 1. The van der Waals surface area contributed by atoms with E-state index in [0.717, 1.165) is 30.6 Å². The first-order valence-electron chi connectivity index (χ1n) is 10.6. The van der Waals surface area contributed by atoms with Crippen molar-refractivity contribution in [3.8, 4) is 5.75 Å². The Kier molecular flexibility index (Phi) is 7.50. The van der Waals surface area contributed by atoms with Gasteiger partial charge in [-0.05, 0) is 61.9 Å². The van der Waals surface area contributed by atoms with Gasteiger partial charge in [-0.25, -0.2) is 0 Å². The highest BCUT2D eigenvalue weighted by Crippen LogP contribution is 2.40. The van der Waals surface area contributed by atoms with E-state index in [1.54, 1.807) is 0 Å². The highest BCUT2D eigenvalue weighted by Gasteiger charge is 2.28. The summed E-state index contributed by atoms with van der Waals surface area (Å²) in [7, 11) is 0. The van der Waals surface area contributed by atoms with Crippen molar-refractivity contribution in [1.29, 1.82) is 0 Å². The molecule has 0 radical (unpaired) electrons. The minimum absolute atomic E-state index is 0.134. The summed E-state index contributed by atoms with van der Waals surface area (Å²) in [6.45, 7) is 8.97. The smallest absolute Gasteiger partial charge is 0.258 e. The van der Waals surface area contributed by atoms with Gasteiger partial charge in [-0.3, -0.25) is 9.59 Å². The Morgan fingerprint density at radius 3 is 2.60 bits per heavy atom. The Bertz CT molecular complexity index is 890. The number of thiophene rings is 1. The zero-order valence-corrected chi connectivity index (χ0v) is 18.9. The number of nitrogens with one attached hydrogen (secondary N) is 3. The summed E-state index contributed by atoms with van der Waals surface area (Å²) < 4.78 is 5.46. The molecule has 0 saturated carbocycles. The number of benzene rings is 1. The quantitative estimate of drug-likeness (QED) is 0.579. The molecule has 1 aliphatic carbocycles. The summed E-state index contributed by atoms with van der Waals surface area (Å²) >= 11 is 1.54.